The van der Waals surface area contributed by atoms with Crippen molar-refractivity contribution in [2.75, 3.05) is 0 Å². The molecule has 0 saturated carbocycles. The summed E-state index contributed by atoms with van der Waals surface area (Å²) in [6.07, 6.45) is 4.89. The molecule has 0 aromatic heterocycles. The fourth-order valence-electron chi connectivity index (χ4n) is 1.06. The van der Waals surface area contributed by atoms with E-state index in [-0.39, 0.29) is 16.3 Å². The minimum atomic E-state index is -0.299. The highest BCUT2D eigenvalue weighted by molar-refractivity contribution is 8.15. The zero-order valence-electron chi connectivity index (χ0n) is 5.53. The molecule has 11 heavy (non-hydrogen) atoms. The molecule has 1 aliphatic carbocycles. The van der Waals surface area contributed by atoms with E-state index in [0.29, 0.717) is 5.70 Å². The summed E-state index contributed by atoms with van der Waals surface area (Å²) in [5, 5.41) is 2.16. The lowest BCUT2D eigenvalue weighted by molar-refractivity contribution is -0.113. The fourth-order valence-corrected chi connectivity index (χ4v) is 1.91. The molecule has 4 heteroatoms. The van der Waals surface area contributed by atoms with E-state index >= 15 is 0 Å². The molecule has 0 bridgehead atoms. The van der Waals surface area contributed by atoms with Crippen LogP contribution in [0.15, 0.2) is 23.9 Å². The third kappa shape index (κ3) is 0.991. The first-order valence-electron chi connectivity index (χ1n) is 3.17. The van der Waals surface area contributed by atoms with E-state index in [9.17, 15) is 9.59 Å². The van der Waals surface area contributed by atoms with Crippen molar-refractivity contribution in [2.45, 2.75) is 5.25 Å². The monoisotopic (exact) mass is 167 g/mol. The molecule has 0 radical (unpaired) electrons. The normalized spacial score (nSPS) is 28.0. The molecule has 1 unspecified atom stereocenters. The second kappa shape index (κ2) is 2.23. The third-order valence-corrected chi connectivity index (χ3v) is 2.59. The van der Waals surface area contributed by atoms with Crippen LogP contribution in [0.25, 0.3) is 0 Å². The van der Waals surface area contributed by atoms with Crippen molar-refractivity contribution in [1.82, 2.24) is 5.32 Å². The molecule has 2 aliphatic rings. The average Bonchev–Trinajstić information content (AvgIpc) is 2.31. The van der Waals surface area contributed by atoms with Gasteiger partial charge in [0.15, 0.2) is 5.78 Å². The number of hydrogen-bond acceptors (Lipinski definition) is 3. The predicted octanol–water partition coefficient (Wildman–Crippen LogP) is 0.834. The van der Waals surface area contributed by atoms with Crippen LogP contribution in [0, 0.1) is 0 Å². The number of rotatable bonds is 0. The zero-order chi connectivity index (χ0) is 7.84. The molecule has 0 spiro atoms. The van der Waals surface area contributed by atoms with Gasteiger partial charge < -0.3 is 5.32 Å². The molecule has 1 heterocycles. The smallest absolute Gasteiger partial charge is 0.284 e. The van der Waals surface area contributed by atoms with Gasteiger partial charge in [0.1, 0.15) is 5.25 Å². The van der Waals surface area contributed by atoms with Crippen LogP contribution in [0.1, 0.15) is 0 Å². The SMILES string of the molecule is O=C1NC2=CC=CC(=O)C2S1. The molecule has 2 rings (SSSR count). The molecule has 1 fully saturated rings. The maximum Gasteiger partial charge on any atom is 0.284 e. The summed E-state index contributed by atoms with van der Waals surface area (Å²) in [4.78, 5) is 21.9. The second-order valence-electron chi connectivity index (χ2n) is 2.29. The van der Waals surface area contributed by atoms with Crippen LogP contribution >= 0.6 is 11.8 Å². The first kappa shape index (κ1) is 6.67. The average molecular weight is 167 g/mol. The van der Waals surface area contributed by atoms with Gasteiger partial charge in [0.2, 0.25) is 0 Å². The summed E-state index contributed by atoms with van der Waals surface area (Å²) >= 11 is 1.04. The van der Waals surface area contributed by atoms with E-state index in [1.165, 1.54) is 6.08 Å². The Balaban J connectivity index is 2.35. The van der Waals surface area contributed by atoms with E-state index in [4.69, 9.17) is 0 Å². The molecule has 1 N–H and O–H groups in total. The Hall–Kier alpha value is -1.03. The van der Waals surface area contributed by atoms with Gasteiger partial charge in [-0.25, -0.2) is 0 Å². The number of thioether (sulfide) groups is 1. The van der Waals surface area contributed by atoms with Crippen molar-refractivity contribution in [1.29, 1.82) is 0 Å². The Morgan fingerprint density at radius 1 is 1.45 bits per heavy atom. The van der Waals surface area contributed by atoms with Crippen molar-refractivity contribution < 1.29 is 9.59 Å². The highest BCUT2D eigenvalue weighted by atomic mass is 32.2. The first-order valence-corrected chi connectivity index (χ1v) is 4.05. The van der Waals surface area contributed by atoms with Gasteiger partial charge in [0.25, 0.3) is 5.24 Å². The van der Waals surface area contributed by atoms with Crippen molar-refractivity contribution in [3.05, 3.63) is 23.9 Å². The Bertz CT molecular complexity index is 293. The molecule has 56 valence electrons. The van der Waals surface area contributed by atoms with Gasteiger partial charge in [-0.2, -0.15) is 0 Å². The highest BCUT2D eigenvalue weighted by Gasteiger charge is 2.33. The number of amides is 1. The first-order chi connectivity index (χ1) is 5.27. The topological polar surface area (TPSA) is 46.2 Å². The standard InChI is InChI=1S/C7H5NO2S/c9-5-3-1-2-4-6(5)11-7(10)8-4/h1-3,6H,(H,8,10). The molecule has 1 atom stereocenters. The Morgan fingerprint density at radius 2 is 2.27 bits per heavy atom. The van der Waals surface area contributed by atoms with Gasteiger partial charge in [-0.05, 0) is 23.9 Å². The molecular formula is C7H5NO2S. The summed E-state index contributed by atoms with van der Waals surface area (Å²) in [5.41, 5.74) is 0.715. The second-order valence-corrected chi connectivity index (χ2v) is 3.37. The molecule has 1 aliphatic heterocycles. The number of allylic oxidation sites excluding steroid dienone is 3. The third-order valence-electron chi connectivity index (χ3n) is 1.55. The van der Waals surface area contributed by atoms with Crippen LogP contribution in [0.2, 0.25) is 0 Å². The number of ketones is 1. The number of carbonyl (C=O) groups is 2. The van der Waals surface area contributed by atoms with Crippen molar-refractivity contribution in [3.8, 4) is 0 Å². The predicted molar refractivity (Wildman–Crippen MR) is 42.1 cm³/mol. The minimum Gasteiger partial charge on any atom is -0.319 e. The van der Waals surface area contributed by atoms with Gasteiger partial charge in [-0.3, -0.25) is 9.59 Å². The zero-order valence-corrected chi connectivity index (χ0v) is 6.35. The van der Waals surface area contributed by atoms with Gasteiger partial charge in [-0.15, -0.1) is 0 Å². The number of hydrogen-bond donors (Lipinski definition) is 1. The Labute approximate surface area is 67.5 Å². The van der Waals surface area contributed by atoms with E-state index in [0.717, 1.165) is 11.8 Å². The Kier molecular flexibility index (Phi) is 1.35. The molecule has 0 aromatic carbocycles. The van der Waals surface area contributed by atoms with Gasteiger partial charge in [-0.1, -0.05) is 6.08 Å². The quantitative estimate of drug-likeness (QED) is 0.581. The fraction of sp³-hybridized carbons (Fsp3) is 0.143. The summed E-state index contributed by atoms with van der Waals surface area (Å²) in [7, 11) is 0. The number of nitrogens with one attached hydrogen (secondary N) is 1. The lowest BCUT2D eigenvalue weighted by atomic mass is 10.1. The van der Waals surface area contributed by atoms with Crippen LogP contribution in [0.4, 0.5) is 4.79 Å². The van der Waals surface area contributed by atoms with Gasteiger partial charge in [0.05, 0.1) is 0 Å². The minimum absolute atomic E-state index is 0.00847. The lowest BCUT2D eigenvalue weighted by Gasteiger charge is -2.07. The van der Waals surface area contributed by atoms with Crippen molar-refractivity contribution >= 4 is 22.8 Å². The maximum atomic E-state index is 11.1. The van der Waals surface area contributed by atoms with Crippen LogP contribution < -0.4 is 5.32 Å². The number of fused-ring (bicyclic) bond motifs is 1. The lowest BCUT2D eigenvalue weighted by Crippen LogP contribution is -2.20. The van der Waals surface area contributed by atoms with Crippen molar-refractivity contribution in [2.24, 2.45) is 0 Å². The van der Waals surface area contributed by atoms with Crippen LogP contribution in [-0.4, -0.2) is 16.3 Å². The summed E-state index contributed by atoms with van der Waals surface area (Å²) in [6.45, 7) is 0. The molecule has 1 saturated heterocycles. The largest absolute Gasteiger partial charge is 0.319 e. The summed E-state index contributed by atoms with van der Waals surface area (Å²) in [6, 6.07) is 0. The summed E-state index contributed by atoms with van der Waals surface area (Å²) < 4.78 is 0. The van der Waals surface area contributed by atoms with E-state index < -0.39 is 0 Å². The van der Waals surface area contributed by atoms with Crippen molar-refractivity contribution in [3.63, 3.8) is 0 Å². The van der Waals surface area contributed by atoms with E-state index in [2.05, 4.69) is 5.32 Å². The van der Waals surface area contributed by atoms with Gasteiger partial charge in [0, 0.05) is 5.70 Å². The van der Waals surface area contributed by atoms with E-state index in [1.54, 1.807) is 12.2 Å². The highest BCUT2D eigenvalue weighted by Crippen LogP contribution is 2.28. The molecule has 1 amide bonds. The molecular weight excluding hydrogens is 162 g/mol. The van der Waals surface area contributed by atoms with Crippen LogP contribution in [-0.2, 0) is 4.79 Å². The molecule has 3 nitrogen and oxygen atoms in total. The molecule has 0 aromatic rings. The Morgan fingerprint density at radius 3 is 3.00 bits per heavy atom. The summed E-state index contributed by atoms with van der Waals surface area (Å²) in [5.74, 6) is -0.00847. The van der Waals surface area contributed by atoms with Crippen LogP contribution in [0.3, 0.4) is 0 Å². The van der Waals surface area contributed by atoms with Gasteiger partial charge >= 0.3 is 0 Å². The maximum absolute atomic E-state index is 11.1. The van der Waals surface area contributed by atoms with E-state index in [1.807, 2.05) is 0 Å². The number of carbonyl (C=O) groups excluding carboxylic acids is 2. The van der Waals surface area contributed by atoms with Crippen LogP contribution in [0.5, 0.6) is 0 Å².